The average Bonchev–Trinajstić information content (AvgIpc) is 3.25. The molecule has 13 heteroatoms. The van der Waals surface area contributed by atoms with Gasteiger partial charge in [-0.2, -0.15) is 0 Å². The molecule has 6 aromatic carbocycles. The molecule has 0 bridgehead atoms. The topological polar surface area (TPSA) is 176 Å². The molecule has 60 heavy (non-hydrogen) atoms. The Balaban J connectivity index is 0.000000228. The Morgan fingerprint density at radius 1 is 0.517 bits per heavy atom. The number of rotatable bonds is 18. The number of hydrogen-bond donors (Lipinski definition) is 4. The number of ether oxygens (including phenoxy) is 1. The van der Waals surface area contributed by atoms with Crippen LogP contribution in [-0.2, 0) is 52.2 Å². The molecule has 0 aliphatic rings. The number of carboxylic acid groups (broad SMARTS) is 2. The summed E-state index contributed by atoms with van der Waals surface area (Å²) in [5.41, 5.74) is 6.22. The third-order valence-electron chi connectivity index (χ3n) is 9.68. The van der Waals surface area contributed by atoms with Gasteiger partial charge >= 0.3 is 11.9 Å². The Bertz CT molecular complexity index is 2590. The first kappa shape index (κ1) is 44.7. The van der Waals surface area contributed by atoms with Crippen molar-refractivity contribution in [3.05, 3.63) is 185 Å². The van der Waals surface area contributed by atoms with Crippen molar-refractivity contribution < 1.29 is 41.4 Å². The highest BCUT2D eigenvalue weighted by atomic mass is 32.2. The molecule has 4 N–H and O–H groups in total. The van der Waals surface area contributed by atoms with Crippen LogP contribution >= 0.6 is 0 Å². The Morgan fingerprint density at radius 3 is 1.40 bits per heavy atom. The average molecular weight is 849 g/mol. The standard InChI is InChI=1S/C25H27NO4S.C22H21NO5S/c1-2-3-6-19-12-17-23(18-13-19)31(29,30)26-22-15-10-20(11-16-22)9-14-21-7-4-5-8-24(21)25(27)28;1-28-19-6-4-7-20(15-19)29(26,27)23-18-13-10-16(11-14-18)9-12-17-5-2-3-8-21(17)22(24)25/h4-5,7-8,10-13,15-18,26H,2-3,6,9,14H2,1H3,(H,27,28);2-8,10-11,13-15,23H,9,12H2,1H3,(H,24,25). The summed E-state index contributed by atoms with van der Waals surface area (Å²) < 4.78 is 60.6. The van der Waals surface area contributed by atoms with E-state index in [0.29, 0.717) is 53.9 Å². The Labute approximate surface area is 351 Å². The van der Waals surface area contributed by atoms with Crippen LogP contribution in [0.1, 0.15) is 68.3 Å². The molecule has 6 aromatic rings. The second-order valence-electron chi connectivity index (χ2n) is 14.0. The lowest BCUT2D eigenvalue weighted by atomic mass is 10.00. The zero-order chi connectivity index (χ0) is 43.1. The molecule has 0 fully saturated rings. The lowest BCUT2D eigenvalue weighted by Gasteiger charge is -2.10. The lowest BCUT2D eigenvalue weighted by Crippen LogP contribution is -2.13. The van der Waals surface area contributed by atoms with Crippen LogP contribution in [0.15, 0.2) is 155 Å². The Kier molecular flexibility index (Phi) is 15.6. The number of benzene rings is 6. The van der Waals surface area contributed by atoms with Crippen LogP contribution in [0.2, 0.25) is 0 Å². The van der Waals surface area contributed by atoms with Gasteiger partial charge in [-0.15, -0.1) is 0 Å². The van der Waals surface area contributed by atoms with E-state index in [1.807, 2.05) is 54.6 Å². The summed E-state index contributed by atoms with van der Waals surface area (Å²) in [6.45, 7) is 2.13. The number of methoxy groups -OCH3 is 1. The van der Waals surface area contributed by atoms with E-state index < -0.39 is 32.0 Å². The molecule has 0 spiro atoms. The van der Waals surface area contributed by atoms with Gasteiger partial charge in [0, 0.05) is 17.4 Å². The van der Waals surface area contributed by atoms with E-state index in [2.05, 4.69) is 16.4 Å². The van der Waals surface area contributed by atoms with E-state index in [9.17, 15) is 36.6 Å². The maximum atomic E-state index is 12.7. The van der Waals surface area contributed by atoms with Gasteiger partial charge in [0.25, 0.3) is 20.0 Å². The van der Waals surface area contributed by atoms with Crippen LogP contribution in [0, 0.1) is 0 Å². The molecule has 6 rings (SSSR count). The molecule has 0 atom stereocenters. The number of carbonyl (C=O) groups is 2. The van der Waals surface area contributed by atoms with Crippen LogP contribution in [0.5, 0.6) is 5.75 Å². The van der Waals surface area contributed by atoms with Gasteiger partial charge in [0.2, 0.25) is 0 Å². The molecular weight excluding hydrogens is 801 g/mol. The van der Waals surface area contributed by atoms with Crippen molar-refractivity contribution in [1.29, 1.82) is 0 Å². The van der Waals surface area contributed by atoms with E-state index in [1.165, 1.54) is 19.2 Å². The van der Waals surface area contributed by atoms with Crippen LogP contribution < -0.4 is 14.2 Å². The number of aryl methyl sites for hydroxylation is 5. The molecule has 312 valence electrons. The summed E-state index contributed by atoms with van der Waals surface area (Å²) >= 11 is 0. The van der Waals surface area contributed by atoms with E-state index >= 15 is 0 Å². The molecular formula is C47H48N2O9S2. The van der Waals surface area contributed by atoms with Gasteiger partial charge in [-0.25, -0.2) is 26.4 Å². The molecule has 0 radical (unpaired) electrons. The first-order chi connectivity index (χ1) is 28.8. The van der Waals surface area contributed by atoms with Gasteiger partial charge in [-0.05, 0) is 127 Å². The van der Waals surface area contributed by atoms with Gasteiger partial charge in [0.15, 0.2) is 0 Å². The second-order valence-corrected chi connectivity index (χ2v) is 17.3. The number of hydrogen-bond acceptors (Lipinski definition) is 7. The van der Waals surface area contributed by atoms with Crippen molar-refractivity contribution in [2.75, 3.05) is 16.6 Å². The summed E-state index contributed by atoms with van der Waals surface area (Å²) in [7, 11) is -5.89. The highest BCUT2D eigenvalue weighted by molar-refractivity contribution is 7.93. The van der Waals surface area contributed by atoms with Crippen molar-refractivity contribution in [1.82, 2.24) is 0 Å². The minimum absolute atomic E-state index is 0.117. The van der Waals surface area contributed by atoms with Crippen molar-refractivity contribution in [3.63, 3.8) is 0 Å². The van der Waals surface area contributed by atoms with Gasteiger partial charge < -0.3 is 14.9 Å². The van der Waals surface area contributed by atoms with Crippen LogP contribution in [0.25, 0.3) is 0 Å². The SMILES string of the molecule is CCCCc1ccc(S(=O)(=O)Nc2ccc(CCc3ccccc3C(=O)O)cc2)cc1.COc1cccc(S(=O)(=O)Nc2ccc(CCc3ccccc3C(=O)O)cc2)c1. The van der Waals surface area contributed by atoms with Gasteiger partial charge in [-0.3, -0.25) is 9.44 Å². The molecule has 0 saturated heterocycles. The third-order valence-corrected chi connectivity index (χ3v) is 12.5. The fourth-order valence-corrected chi connectivity index (χ4v) is 8.50. The van der Waals surface area contributed by atoms with Crippen molar-refractivity contribution >= 4 is 43.4 Å². The molecule has 0 heterocycles. The highest BCUT2D eigenvalue weighted by Gasteiger charge is 2.17. The number of sulfonamides is 2. The van der Waals surface area contributed by atoms with Crippen LogP contribution in [0.4, 0.5) is 11.4 Å². The van der Waals surface area contributed by atoms with Gasteiger partial charge in [0.05, 0.1) is 28.0 Å². The van der Waals surface area contributed by atoms with Crippen LogP contribution in [-0.4, -0.2) is 46.1 Å². The second kappa shape index (κ2) is 21.0. The monoisotopic (exact) mass is 848 g/mol. The molecule has 11 nitrogen and oxygen atoms in total. The fourth-order valence-electron chi connectivity index (χ4n) is 6.34. The third kappa shape index (κ3) is 12.8. The predicted molar refractivity (Wildman–Crippen MR) is 234 cm³/mol. The smallest absolute Gasteiger partial charge is 0.335 e. The molecule has 0 aliphatic carbocycles. The number of anilines is 2. The number of unbranched alkanes of at least 4 members (excludes halogenated alkanes) is 1. The Morgan fingerprint density at radius 2 is 0.950 bits per heavy atom. The van der Waals surface area contributed by atoms with Gasteiger partial charge in [0.1, 0.15) is 5.75 Å². The number of aromatic carboxylic acids is 2. The van der Waals surface area contributed by atoms with E-state index in [0.717, 1.165) is 47.1 Å². The first-order valence-corrected chi connectivity index (χ1v) is 22.3. The summed E-state index contributed by atoms with van der Waals surface area (Å²) in [5.74, 6) is -1.41. The minimum atomic E-state index is -3.72. The summed E-state index contributed by atoms with van der Waals surface area (Å²) in [6.07, 6.45) is 5.62. The highest BCUT2D eigenvalue weighted by Crippen LogP contribution is 2.23. The quantitative estimate of drug-likeness (QED) is 0.0657. The number of nitrogens with one attached hydrogen (secondary N) is 2. The fraction of sp³-hybridized carbons (Fsp3) is 0.191. The Hall–Kier alpha value is -6.44. The predicted octanol–water partition coefficient (Wildman–Crippen LogP) is 9.29. The maximum absolute atomic E-state index is 12.7. The normalized spacial score (nSPS) is 11.2. The molecule has 0 aliphatic heterocycles. The van der Waals surface area contributed by atoms with E-state index in [-0.39, 0.29) is 9.79 Å². The molecule has 0 aromatic heterocycles. The summed E-state index contributed by atoms with van der Waals surface area (Å²) in [4.78, 5) is 23.0. The minimum Gasteiger partial charge on any atom is -0.497 e. The van der Waals surface area contributed by atoms with E-state index in [4.69, 9.17) is 4.74 Å². The van der Waals surface area contributed by atoms with E-state index in [1.54, 1.807) is 78.9 Å². The maximum Gasteiger partial charge on any atom is 0.335 e. The zero-order valence-corrected chi connectivity index (χ0v) is 35.0. The number of carboxylic acids is 2. The first-order valence-electron chi connectivity index (χ1n) is 19.4. The summed E-state index contributed by atoms with van der Waals surface area (Å²) in [5, 5.41) is 18.6. The van der Waals surface area contributed by atoms with Crippen LogP contribution in [0.3, 0.4) is 0 Å². The molecule has 0 amide bonds. The van der Waals surface area contributed by atoms with Gasteiger partial charge in [-0.1, -0.05) is 92.2 Å². The lowest BCUT2D eigenvalue weighted by molar-refractivity contribution is 0.0684. The van der Waals surface area contributed by atoms with Crippen molar-refractivity contribution in [3.8, 4) is 5.75 Å². The zero-order valence-electron chi connectivity index (χ0n) is 33.4. The molecule has 0 unspecified atom stereocenters. The van der Waals surface area contributed by atoms with Crippen molar-refractivity contribution in [2.24, 2.45) is 0 Å². The largest absolute Gasteiger partial charge is 0.497 e. The summed E-state index contributed by atoms with van der Waals surface area (Å²) in [6, 6.07) is 41.3. The van der Waals surface area contributed by atoms with Crippen molar-refractivity contribution in [2.45, 2.75) is 61.7 Å². The molecule has 0 saturated carbocycles.